The van der Waals surface area contributed by atoms with Crippen molar-refractivity contribution < 1.29 is 24.2 Å². The van der Waals surface area contributed by atoms with Crippen molar-refractivity contribution >= 4 is 11.9 Å². The second-order valence-corrected chi connectivity index (χ2v) is 5.26. The van der Waals surface area contributed by atoms with Gasteiger partial charge in [-0.1, -0.05) is 6.07 Å². The molecule has 0 spiro atoms. The van der Waals surface area contributed by atoms with E-state index in [9.17, 15) is 9.59 Å². The van der Waals surface area contributed by atoms with Crippen LogP contribution in [0.1, 0.15) is 23.2 Å². The van der Waals surface area contributed by atoms with Crippen LogP contribution in [0.5, 0.6) is 11.5 Å². The molecule has 1 amide bonds. The zero-order valence-corrected chi connectivity index (χ0v) is 11.6. The van der Waals surface area contributed by atoms with Gasteiger partial charge in [-0.3, -0.25) is 9.59 Å². The first kappa shape index (κ1) is 13.7. The number of nitrogens with zero attached hydrogens (tertiary/aromatic N) is 1. The van der Waals surface area contributed by atoms with Gasteiger partial charge in [-0.2, -0.15) is 0 Å². The van der Waals surface area contributed by atoms with E-state index in [4.69, 9.17) is 14.6 Å². The predicted molar refractivity (Wildman–Crippen MR) is 73.7 cm³/mol. The Morgan fingerprint density at radius 2 is 2.05 bits per heavy atom. The summed E-state index contributed by atoms with van der Waals surface area (Å²) in [7, 11) is 0. The molecule has 6 heteroatoms. The van der Waals surface area contributed by atoms with Crippen molar-refractivity contribution in [1.82, 2.24) is 4.90 Å². The van der Waals surface area contributed by atoms with Crippen LogP contribution in [0.3, 0.4) is 0 Å². The van der Waals surface area contributed by atoms with Gasteiger partial charge in [0.15, 0.2) is 11.5 Å². The number of fused-ring (bicyclic) bond motifs is 1. The Morgan fingerprint density at radius 3 is 2.86 bits per heavy atom. The summed E-state index contributed by atoms with van der Waals surface area (Å²) in [6, 6.07) is 5.21. The van der Waals surface area contributed by atoms with Gasteiger partial charge in [0.1, 0.15) is 13.2 Å². The molecule has 0 saturated carbocycles. The first-order valence-electron chi connectivity index (χ1n) is 7.07. The monoisotopic (exact) mass is 291 g/mol. The Balaban J connectivity index is 1.83. The highest BCUT2D eigenvalue weighted by Crippen LogP contribution is 2.34. The largest absolute Gasteiger partial charge is 0.486 e. The van der Waals surface area contributed by atoms with Crippen molar-refractivity contribution in [2.45, 2.75) is 12.8 Å². The van der Waals surface area contributed by atoms with Crippen LogP contribution < -0.4 is 9.47 Å². The Kier molecular flexibility index (Phi) is 3.68. The van der Waals surface area contributed by atoms with Gasteiger partial charge in [-0.25, -0.2) is 0 Å². The number of benzene rings is 1. The van der Waals surface area contributed by atoms with Crippen molar-refractivity contribution in [3.05, 3.63) is 23.8 Å². The number of ether oxygens (including phenoxy) is 2. The zero-order valence-electron chi connectivity index (χ0n) is 11.6. The fourth-order valence-electron chi connectivity index (χ4n) is 2.78. The summed E-state index contributed by atoms with van der Waals surface area (Å²) in [5.41, 5.74) is 0.443. The first-order chi connectivity index (χ1) is 10.2. The van der Waals surface area contributed by atoms with Gasteiger partial charge in [0.25, 0.3) is 5.91 Å². The second kappa shape index (κ2) is 5.63. The molecule has 1 aromatic rings. The number of piperidine rings is 1. The summed E-state index contributed by atoms with van der Waals surface area (Å²) in [5.74, 6) is -0.491. The summed E-state index contributed by atoms with van der Waals surface area (Å²) in [6.45, 7) is 1.70. The van der Waals surface area contributed by atoms with Crippen molar-refractivity contribution in [2.75, 3.05) is 26.3 Å². The molecule has 1 fully saturated rings. The fourth-order valence-corrected chi connectivity index (χ4v) is 2.78. The lowest BCUT2D eigenvalue weighted by Crippen LogP contribution is -2.42. The van der Waals surface area contributed by atoms with E-state index in [1.807, 2.05) is 0 Å². The van der Waals surface area contributed by atoms with E-state index in [-0.39, 0.29) is 12.5 Å². The number of hydrogen-bond donors (Lipinski definition) is 1. The molecule has 6 nitrogen and oxygen atoms in total. The predicted octanol–water partition coefficient (Wildman–Crippen LogP) is 1.39. The molecule has 0 bridgehead atoms. The van der Waals surface area contributed by atoms with Crippen LogP contribution in [0, 0.1) is 5.92 Å². The number of carboxylic acids is 1. The van der Waals surface area contributed by atoms with Gasteiger partial charge in [-0.05, 0) is 25.0 Å². The van der Waals surface area contributed by atoms with Crippen LogP contribution in [0.15, 0.2) is 18.2 Å². The van der Waals surface area contributed by atoms with E-state index in [0.29, 0.717) is 49.7 Å². The minimum Gasteiger partial charge on any atom is -0.486 e. The average molecular weight is 291 g/mol. The number of aliphatic carboxylic acids is 1. The molecule has 3 rings (SSSR count). The SMILES string of the molecule is O=C(O)[C@@H]1CCCN(C(=O)c2cccc3c2OCCO3)C1. The maximum atomic E-state index is 12.6. The molecule has 1 saturated heterocycles. The second-order valence-electron chi connectivity index (χ2n) is 5.26. The van der Waals surface area contributed by atoms with E-state index in [0.717, 1.165) is 0 Å². The molecule has 2 aliphatic heterocycles. The first-order valence-corrected chi connectivity index (χ1v) is 7.07. The molecule has 21 heavy (non-hydrogen) atoms. The minimum atomic E-state index is -0.845. The number of carboxylic acid groups (broad SMARTS) is 1. The summed E-state index contributed by atoms with van der Waals surface area (Å²) >= 11 is 0. The normalized spacial score (nSPS) is 21.0. The molecule has 0 aliphatic carbocycles. The molecular formula is C15H17NO5. The summed E-state index contributed by atoms with van der Waals surface area (Å²) in [6.07, 6.45) is 1.32. The molecule has 2 heterocycles. The highest BCUT2D eigenvalue weighted by atomic mass is 16.6. The Hall–Kier alpha value is -2.24. The number of rotatable bonds is 2. The Labute approximate surface area is 122 Å². The molecule has 1 N–H and O–H groups in total. The topological polar surface area (TPSA) is 76.1 Å². The van der Waals surface area contributed by atoms with Gasteiger partial charge < -0.3 is 19.5 Å². The third-order valence-corrected chi connectivity index (χ3v) is 3.85. The molecule has 112 valence electrons. The molecule has 1 aromatic carbocycles. The van der Waals surface area contributed by atoms with E-state index < -0.39 is 11.9 Å². The highest BCUT2D eigenvalue weighted by molar-refractivity contribution is 5.98. The average Bonchev–Trinajstić information content (AvgIpc) is 2.53. The summed E-state index contributed by atoms with van der Waals surface area (Å²) in [5, 5.41) is 9.12. The Morgan fingerprint density at radius 1 is 1.24 bits per heavy atom. The molecule has 0 aromatic heterocycles. The van der Waals surface area contributed by atoms with Crippen molar-refractivity contribution in [3.63, 3.8) is 0 Å². The number of carbonyl (C=O) groups is 2. The molecule has 0 unspecified atom stereocenters. The summed E-state index contributed by atoms with van der Waals surface area (Å²) < 4.78 is 11.0. The standard InChI is InChI=1S/C15H17NO5/c17-14(16-6-2-3-10(9-16)15(18)19)11-4-1-5-12-13(11)21-8-7-20-12/h1,4-5,10H,2-3,6-9H2,(H,18,19)/t10-/m1/s1. The molecule has 1 atom stereocenters. The number of hydrogen-bond acceptors (Lipinski definition) is 4. The third-order valence-electron chi connectivity index (χ3n) is 3.85. The van der Waals surface area contributed by atoms with Crippen LogP contribution >= 0.6 is 0 Å². The smallest absolute Gasteiger partial charge is 0.308 e. The number of likely N-dealkylation sites (tertiary alicyclic amines) is 1. The van der Waals surface area contributed by atoms with Gasteiger partial charge in [0, 0.05) is 13.1 Å². The lowest BCUT2D eigenvalue weighted by Gasteiger charge is -2.31. The lowest BCUT2D eigenvalue weighted by atomic mass is 9.97. The Bertz CT molecular complexity index is 571. The number of carbonyl (C=O) groups excluding carboxylic acids is 1. The maximum Gasteiger partial charge on any atom is 0.308 e. The van der Waals surface area contributed by atoms with Crippen molar-refractivity contribution in [3.8, 4) is 11.5 Å². The van der Waals surface area contributed by atoms with Gasteiger partial charge >= 0.3 is 5.97 Å². The fraction of sp³-hybridized carbons (Fsp3) is 0.467. The van der Waals surface area contributed by atoms with Crippen LogP contribution in [-0.4, -0.2) is 48.2 Å². The number of amides is 1. The van der Waals surface area contributed by atoms with Crippen LogP contribution in [-0.2, 0) is 4.79 Å². The van der Waals surface area contributed by atoms with E-state index in [1.54, 1.807) is 23.1 Å². The van der Waals surface area contributed by atoms with Gasteiger partial charge in [0.05, 0.1) is 11.5 Å². The van der Waals surface area contributed by atoms with Crippen LogP contribution in [0.4, 0.5) is 0 Å². The highest BCUT2D eigenvalue weighted by Gasteiger charge is 2.31. The molecule has 0 radical (unpaired) electrons. The van der Waals surface area contributed by atoms with Crippen LogP contribution in [0.25, 0.3) is 0 Å². The molecular weight excluding hydrogens is 274 g/mol. The van der Waals surface area contributed by atoms with Crippen molar-refractivity contribution in [1.29, 1.82) is 0 Å². The summed E-state index contributed by atoms with van der Waals surface area (Å²) in [4.78, 5) is 25.3. The van der Waals surface area contributed by atoms with E-state index in [2.05, 4.69) is 0 Å². The maximum absolute atomic E-state index is 12.6. The quantitative estimate of drug-likeness (QED) is 0.891. The van der Waals surface area contributed by atoms with Crippen LogP contribution in [0.2, 0.25) is 0 Å². The molecule has 2 aliphatic rings. The van der Waals surface area contributed by atoms with Gasteiger partial charge in [-0.15, -0.1) is 0 Å². The van der Waals surface area contributed by atoms with Gasteiger partial charge in [0.2, 0.25) is 0 Å². The zero-order chi connectivity index (χ0) is 14.8. The lowest BCUT2D eigenvalue weighted by molar-refractivity contribution is -0.143. The van der Waals surface area contributed by atoms with E-state index >= 15 is 0 Å². The number of para-hydroxylation sites is 1. The minimum absolute atomic E-state index is 0.191. The van der Waals surface area contributed by atoms with E-state index in [1.165, 1.54) is 0 Å². The third kappa shape index (κ3) is 2.66. The van der Waals surface area contributed by atoms with Crippen molar-refractivity contribution in [2.24, 2.45) is 5.92 Å².